The minimum absolute atomic E-state index is 0.185. The van der Waals surface area contributed by atoms with E-state index in [1.165, 1.54) is 0 Å². The molecule has 0 bridgehead atoms. The Labute approximate surface area is 129 Å². The number of fused-ring (bicyclic) bond motifs is 2. The molecule has 0 radical (unpaired) electrons. The fraction of sp³-hybridized carbons (Fsp3) is 0.235. The molecule has 3 rings (SSSR count). The summed E-state index contributed by atoms with van der Waals surface area (Å²) in [5.74, 6) is 1.30. The molecule has 5 nitrogen and oxygen atoms in total. The third-order valence-corrected chi connectivity index (χ3v) is 3.10. The molecule has 1 unspecified atom stereocenters. The zero-order valence-electron chi connectivity index (χ0n) is 12.6. The normalized spacial score (nSPS) is 12.5. The molecule has 2 aromatic rings. The van der Waals surface area contributed by atoms with Gasteiger partial charge in [0.15, 0.2) is 23.0 Å². The van der Waals surface area contributed by atoms with E-state index in [0.29, 0.717) is 28.6 Å². The van der Waals surface area contributed by atoms with Gasteiger partial charge in [0.2, 0.25) is 0 Å². The molecule has 1 aliphatic heterocycles. The first-order chi connectivity index (χ1) is 10.6. The van der Waals surface area contributed by atoms with E-state index in [2.05, 4.69) is 0 Å². The van der Waals surface area contributed by atoms with Crippen LogP contribution in [0.3, 0.4) is 0 Å². The van der Waals surface area contributed by atoms with Gasteiger partial charge < -0.3 is 20.3 Å². The minimum Gasteiger partial charge on any atom is -0.480 e. The number of benzene rings is 2. The van der Waals surface area contributed by atoms with Crippen molar-refractivity contribution in [3.05, 3.63) is 48.0 Å². The number of carboxylic acids is 1. The van der Waals surface area contributed by atoms with Crippen LogP contribution in [-0.2, 0) is 11.2 Å². The van der Waals surface area contributed by atoms with Gasteiger partial charge in [-0.1, -0.05) is 38.1 Å². The molecule has 0 spiro atoms. The van der Waals surface area contributed by atoms with Crippen molar-refractivity contribution in [2.45, 2.75) is 26.3 Å². The van der Waals surface area contributed by atoms with Gasteiger partial charge in [-0.25, -0.2) is 0 Å². The first-order valence-corrected chi connectivity index (χ1v) is 7.20. The predicted molar refractivity (Wildman–Crippen MR) is 83.7 cm³/mol. The fourth-order valence-electron chi connectivity index (χ4n) is 2.09. The first kappa shape index (κ1) is 15.9. The zero-order chi connectivity index (χ0) is 16.1. The van der Waals surface area contributed by atoms with E-state index in [-0.39, 0.29) is 6.42 Å². The van der Waals surface area contributed by atoms with E-state index in [4.69, 9.17) is 20.3 Å². The van der Waals surface area contributed by atoms with Crippen molar-refractivity contribution in [3.8, 4) is 23.0 Å². The van der Waals surface area contributed by atoms with Crippen LogP contribution in [0.4, 0.5) is 0 Å². The molecular weight excluding hydrogens is 282 g/mol. The molecule has 0 aliphatic carbocycles. The lowest BCUT2D eigenvalue weighted by Gasteiger charge is -2.23. The van der Waals surface area contributed by atoms with E-state index >= 15 is 0 Å². The maximum atomic E-state index is 10.9. The van der Waals surface area contributed by atoms with Gasteiger partial charge in [0.1, 0.15) is 6.04 Å². The summed E-state index contributed by atoms with van der Waals surface area (Å²) in [6, 6.07) is 11.7. The van der Waals surface area contributed by atoms with Crippen LogP contribution in [0.2, 0.25) is 0 Å². The van der Waals surface area contributed by atoms with Gasteiger partial charge in [0.05, 0.1) is 0 Å². The van der Waals surface area contributed by atoms with Crippen LogP contribution in [-0.4, -0.2) is 17.1 Å². The Balaban J connectivity index is 0.000000847. The van der Waals surface area contributed by atoms with Crippen LogP contribution in [0, 0.1) is 0 Å². The standard InChI is InChI=1S/C15H13NO4.C2H6/c16-10(15(17)18)8-9-4-3-7-13-14(9)20-12-6-2-1-5-11(12)19-13;1-2/h1-7,10H,8,16H2,(H,17,18);1-2H3. The summed E-state index contributed by atoms with van der Waals surface area (Å²) < 4.78 is 11.6. The minimum atomic E-state index is -1.04. The Kier molecular flexibility index (Phi) is 5.01. The number of para-hydroxylation sites is 3. The molecule has 116 valence electrons. The molecule has 0 amide bonds. The lowest BCUT2D eigenvalue weighted by molar-refractivity contribution is -0.138. The number of hydrogen-bond acceptors (Lipinski definition) is 4. The lowest BCUT2D eigenvalue weighted by Crippen LogP contribution is -2.32. The monoisotopic (exact) mass is 301 g/mol. The molecule has 1 aliphatic rings. The second-order valence-corrected chi connectivity index (χ2v) is 4.54. The molecule has 0 fully saturated rings. The third-order valence-electron chi connectivity index (χ3n) is 3.10. The number of hydrogen-bond donors (Lipinski definition) is 2. The molecule has 5 heteroatoms. The van der Waals surface area contributed by atoms with Gasteiger partial charge >= 0.3 is 5.97 Å². The van der Waals surface area contributed by atoms with Crippen molar-refractivity contribution in [2.24, 2.45) is 5.73 Å². The molecule has 1 atom stereocenters. The van der Waals surface area contributed by atoms with Gasteiger partial charge in [0.25, 0.3) is 0 Å². The van der Waals surface area contributed by atoms with Gasteiger partial charge in [-0.3, -0.25) is 4.79 Å². The molecule has 0 saturated heterocycles. The van der Waals surface area contributed by atoms with Crippen molar-refractivity contribution in [3.63, 3.8) is 0 Å². The van der Waals surface area contributed by atoms with Gasteiger partial charge in [-0.2, -0.15) is 0 Å². The average Bonchev–Trinajstić information content (AvgIpc) is 2.55. The molecule has 22 heavy (non-hydrogen) atoms. The van der Waals surface area contributed by atoms with Crippen LogP contribution in [0.5, 0.6) is 23.0 Å². The van der Waals surface area contributed by atoms with Crippen LogP contribution in [0.1, 0.15) is 19.4 Å². The summed E-state index contributed by atoms with van der Waals surface area (Å²) >= 11 is 0. The van der Waals surface area contributed by atoms with Crippen molar-refractivity contribution >= 4 is 5.97 Å². The SMILES string of the molecule is CC.NC(Cc1cccc2c1Oc1ccccc1O2)C(=O)O. The summed E-state index contributed by atoms with van der Waals surface area (Å²) in [5.41, 5.74) is 6.30. The van der Waals surface area contributed by atoms with E-state index < -0.39 is 12.0 Å². The van der Waals surface area contributed by atoms with Crippen LogP contribution in [0.15, 0.2) is 42.5 Å². The predicted octanol–water partition coefficient (Wildman–Crippen LogP) is 3.57. The smallest absolute Gasteiger partial charge is 0.320 e. The van der Waals surface area contributed by atoms with E-state index in [1.54, 1.807) is 24.3 Å². The highest BCUT2D eigenvalue weighted by Gasteiger charge is 2.23. The number of aliphatic carboxylic acids is 1. The highest BCUT2D eigenvalue weighted by molar-refractivity contribution is 5.74. The number of carboxylic acid groups (broad SMARTS) is 1. The van der Waals surface area contributed by atoms with Crippen molar-refractivity contribution < 1.29 is 19.4 Å². The number of ether oxygens (including phenoxy) is 2. The average molecular weight is 301 g/mol. The largest absolute Gasteiger partial charge is 0.480 e. The van der Waals surface area contributed by atoms with Gasteiger partial charge in [-0.05, 0) is 18.2 Å². The van der Waals surface area contributed by atoms with Gasteiger partial charge in [-0.15, -0.1) is 0 Å². The highest BCUT2D eigenvalue weighted by Crippen LogP contribution is 2.46. The molecule has 0 saturated carbocycles. The summed E-state index contributed by atoms with van der Waals surface area (Å²) in [6.07, 6.45) is 0.185. The molecule has 2 aromatic carbocycles. The van der Waals surface area contributed by atoms with Crippen LogP contribution in [0.25, 0.3) is 0 Å². The summed E-state index contributed by atoms with van der Waals surface area (Å²) in [7, 11) is 0. The van der Waals surface area contributed by atoms with E-state index in [0.717, 1.165) is 0 Å². The number of nitrogens with two attached hydrogens (primary N) is 1. The Hall–Kier alpha value is -2.53. The fourth-order valence-corrected chi connectivity index (χ4v) is 2.09. The highest BCUT2D eigenvalue weighted by atomic mass is 16.6. The second-order valence-electron chi connectivity index (χ2n) is 4.54. The Morgan fingerprint density at radius 1 is 1.05 bits per heavy atom. The van der Waals surface area contributed by atoms with E-state index in [1.807, 2.05) is 32.0 Å². The number of carbonyl (C=O) groups is 1. The zero-order valence-corrected chi connectivity index (χ0v) is 12.6. The molecule has 3 N–H and O–H groups in total. The Morgan fingerprint density at radius 3 is 2.27 bits per heavy atom. The lowest BCUT2D eigenvalue weighted by atomic mass is 10.0. The van der Waals surface area contributed by atoms with Crippen LogP contribution < -0.4 is 15.2 Å². The van der Waals surface area contributed by atoms with E-state index in [9.17, 15) is 4.79 Å². The third kappa shape index (κ3) is 3.20. The maximum absolute atomic E-state index is 10.9. The summed E-state index contributed by atoms with van der Waals surface area (Å²) in [6.45, 7) is 4.00. The van der Waals surface area contributed by atoms with Crippen molar-refractivity contribution in [1.82, 2.24) is 0 Å². The first-order valence-electron chi connectivity index (χ1n) is 7.20. The van der Waals surface area contributed by atoms with Crippen molar-refractivity contribution in [1.29, 1.82) is 0 Å². The molecule has 1 heterocycles. The Bertz CT molecular complexity index is 669. The maximum Gasteiger partial charge on any atom is 0.320 e. The molecular formula is C17H19NO4. The molecule has 0 aromatic heterocycles. The topological polar surface area (TPSA) is 81.8 Å². The summed E-state index contributed by atoms with van der Waals surface area (Å²) in [4.78, 5) is 10.9. The number of rotatable bonds is 3. The second kappa shape index (κ2) is 6.95. The summed E-state index contributed by atoms with van der Waals surface area (Å²) in [5, 5.41) is 8.91. The Morgan fingerprint density at radius 2 is 1.64 bits per heavy atom. The van der Waals surface area contributed by atoms with Gasteiger partial charge in [0, 0.05) is 12.0 Å². The van der Waals surface area contributed by atoms with Crippen molar-refractivity contribution in [2.75, 3.05) is 0 Å². The quantitative estimate of drug-likeness (QED) is 0.773. The van der Waals surface area contributed by atoms with Crippen LogP contribution >= 0.6 is 0 Å².